The molecule has 3 aliphatic rings. The van der Waals surface area contributed by atoms with Crippen LogP contribution >= 0.6 is 0 Å². The van der Waals surface area contributed by atoms with Gasteiger partial charge in [0.1, 0.15) is 11.6 Å². The van der Waals surface area contributed by atoms with Crippen LogP contribution in [0.2, 0.25) is 0 Å². The average Bonchev–Trinajstić information content (AvgIpc) is 3.25. The molecule has 2 atom stereocenters. The lowest BCUT2D eigenvalue weighted by molar-refractivity contribution is 0.540. The van der Waals surface area contributed by atoms with Gasteiger partial charge in [0.15, 0.2) is 0 Å². The van der Waals surface area contributed by atoms with Crippen molar-refractivity contribution in [1.82, 2.24) is 9.97 Å². The summed E-state index contributed by atoms with van der Waals surface area (Å²) in [4.78, 5) is 11.8. The lowest BCUT2D eigenvalue weighted by Gasteiger charge is -2.37. The van der Waals surface area contributed by atoms with Crippen LogP contribution in [-0.2, 0) is 0 Å². The molecule has 2 unspecified atom stereocenters. The van der Waals surface area contributed by atoms with Gasteiger partial charge in [-0.2, -0.15) is 0 Å². The van der Waals surface area contributed by atoms with E-state index in [1.165, 1.54) is 38.5 Å². The summed E-state index contributed by atoms with van der Waals surface area (Å²) in [7, 11) is 0. The summed E-state index contributed by atoms with van der Waals surface area (Å²) in [6, 6.07) is 3.48. The number of nitrogens with zero attached hydrogens (tertiary/aromatic N) is 3. The highest BCUT2D eigenvalue weighted by atomic mass is 15.3. The molecular weight excluding hydrogens is 246 g/mol. The number of fused-ring (bicyclic) bond motifs is 2. The Morgan fingerprint density at radius 2 is 1.80 bits per heavy atom. The molecule has 0 N–H and O–H groups in total. The van der Waals surface area contributed by atoms with Crippen LogP contribution in [0.15, 0.2) is 23.4 Å². The Morgan fingerprint density at radius 1 is 1.10 bits per heavy atom. The smallest absolute Gasteiger partial charge is 0.133 e. The summed E-state index contributed by atoms with van der Waals surface area (Å²) in [5.74, 6) is 2.55. The second-order valence-corrected chi connectivity index (χ2v) is 6.84. The number of hydrogen-bond donors (Lipinski definition) is 0. The summed E-state index contributed by atoms with van der Waals surface area (Å²) >= 11 is 0. The molecule has 4 rings (SSSR count). The number of piperidine rings is 1. The third kappa shape index (κ3) is 2.04. The molecule has 3 fully saturated rings. The van der Waals surface area contributed by atoms with E-state index in [2.05, 4.69) is 29.8 Å². The predicted molar refractivity (Wildman–Crippen MR) is 80.9 cm³/mol. The normalized spacial score (nSPS) is 28.4. The van der Waals surface area contributed by atoms with Crippen LogP contribution < -0.4 is 4.90 Å². The fourth-order valence-electron chi connectivity index (χ4n) is 3.88. The lowest BCUT2D eigenvalue weighted by atomic mass is 9.96. The third-order valence-corrected chi connectivity index (χ3v) is 5.02. The molecule has 1 saturated carbocycles. The maximum absolute atomic E-state index is 4.82. The van der Waals surface area contributed by atoms with E-state index in [0.717, 1.165) is 11.6 Å². The van der Waals surface area contributed by atoms with Gasteiger partial charge in [-0.3, -0.25) is 0 Å². The van der Waals surface area contributed by atoms with Crippen molar-refractivity contribution in [3.05, 3.63) is 29.2 Å². The van der Waals surface area contributed by atoms with E-state index >= 15 is 0 Å². The molecule has 0 aromatic carbocycles. The molecule has 2 aliphatic heterocycles. The second kappa shape index (κ2) is 4.57. The molecule has 0 spiro atoms. The zero-order chi connectivity index (χ0) is 13.7. The predicted octanol–water partition coefficient (Wildman–Crippen LogP) is 3.82. The van der Waals surface area contributed by atoms with E-state index in [-0.39, 0.29) is 0 Å². The molecule has 3 heteroatoms. The van der Waals surface area contributed by atoms with Crippen molar-refractivity contribution in [2.75, 3.05) is 4.90 Å². The van der Waals surface area contributed by atoms with Crippen LogP contribution in [0.4, 0.5) is 5.82 Å². The average molecular weight is 269 g/mol. The van der Waals surface area contributed by atoms with Crippen LogP contribution in [0.5, 0.6) is 0 Å². The van der Waals surface area contributed by atoms with Gasteiger partial charge < -0.3 is 4.90 Å². The largest absolute Gasteiger partial charge is 0.350 e. The molecule has 3 heterocycles. The first-order valence-corrected chi connectivity index (χ1v) is 8.03. The van der Waals surface area contributed by atoms with Crippen LogP contribution in [0.1, 0.15) is 64.1 Å². The quantitative estimate of drug-likeness (QED) is 0.764. The number of aromatic nitrogens is 2. The zero-order valence-electron chi connectivity index (χ0n) is 12.5. The van der Waals surface area contributed by atoms with Gasteiger partial charge in [-0.1, -0.05) is 25.0 Å². The summed E-state index contributed by atoms with van der Waals surface area (Å²) in [6.45, 7) is 4.33. The maximum atomic E-state index is 4.82. The van der Waals surface area contributed by atoms with Gasteiger partial charge in [0.2, 0.25) is 0 Å². The Balaban J connectivity index is 1.63. The van der Waals surface area contributed by atoms with Crippen LogP contribution in [0, 0.1) is 0 Å². The van der Waals surface area contributed by atoms with Gasteiger partial charge in [0, 0.05) is 24.2 Å². The van der Waals surface area contributed by atoms with E-state index in [9.17, 15) is 0 Å². The summed E-state index contributed by atoms with van der Waals surface area (Å²) in [5.41, 5.74) is 3.55. The van der Waals surface area contributed by atoms with Crippen LogP contribution in [-0.4, -0.2) is 22.1 Å². The molecule has 2 bridgehead atoms. The van der Waals surface area contributed by atoms with Crippen LogP contribution in [0.3, 0.4) is 0 Å². The summed E-state index contributed by atoms with van der Waals surface area (Å²) in [6.07, 6.45) is 9.93. The topological polar surface area (TPSA) is 29.0 Å². The minimum Gasteiger partial charge on any atom is -0.350 e. The highest BCUT2D eigenvalue weighted by molar-refractivity contribution is 5.46. The fourth-order valence-corrected chi connectivity index (χ4v) is 3.88. The first-order chi connectivity index (χ1) is 9.72. The summed E-state index contributed by atoms with van der Waals surface area (Å²) in [5, 5.41) is 0. The third-order valence-electron chi connectivity index (χ3n) is 5.02. The molecule has 2 saturated heterocycles. The molecule has 106 valence electrons. The molecular formula is C17H23N3. The van der Waals surface area contributed by atoms with Gasteiger partial charge in [-0.05, 0) is 44.6 Å². The van der Waals surface area contributed by atoms with Crippen molar-refractivity contribution >= 4 is 5.82 Å². The molecule has 1 aliphatic carbocycles. The fraction of sp³-hybridized carbons (Fsp3) is 0.647. The Morgan fingerprint density at radius 3 is 2.40 bits per heavy atom. The number of hydrogen-bond acceptors (Lipinski definition) is 3. The van der Waals surface area contributed by atoms with E-state index in [4.69, 9.17) is 4.98 Å². The molecule has 3 nitrogen and oxygen atoms in total. The van der Waals surface area contributed by atoms with Gasteiger partial charge in [-0.15, -0.1) is 0 Å². The van der Waals surface area contributed by atoms with Crippen molar-refractivity contribution in [2.45, 2.75) is 70.4 Å². The summed E-state index contributed by atoms with van der Waals surface area (Å²) < 4.78 is 0. The first kappa shape index (κ1) is 12.4. The van der Waals surface area contributed by atoms with Gasteiger partial charge in [-0.25, -0.2) is 9.97 Å². The van der Waals surface area contributed by atoms with Crippen molar-refractivity contribution in [1.29, 1.82) is 0 Å². The second-order valence-electron chi connectivity index (χ2n) is 6.84. The Bertz CT molecular complexity index is 539. The monoisotopic (exact) mass is 269 g/mol. The van der Waals surface area contributed by atoms with E-state index < -0.39 is 0 Å². The van der Waals surface area contributed by atoms with Gasteiger partial charge >= 0.3 is 0 Å². The number of anilines is 1. The minimum absolute atomic E-state index is 0.404. The SMILES string of the molecule is CC(C)c1nccc(N2C3CCC2CC(=C2CC2)C3)n1. The minimum atomic E-state index is 0.404. The lowest BCUT2D eigenvalue weighted by Crippen LogP contribution is -2.41. The molecule has 20 heavy (non-hydrogen) atoms. The standard InChI is InChI=1S/C17H23N3/c1-11(2)17-18-8-7-16(19-17)20-14-5-6-15(20)10-13(9-14)12-3-4-12/h7-8,11,14-15H,3-6,9-10H2,1-2H3. The van der Waals surface area contributed by atoms with Crippen molar-refractivity contribution < 1.29 is 0 Å². The van der Waals surface area contributed by atoms with E-state index in [0.29, 0.717) is 18.0 Å². The van der Waals surface area contributed by atoms with E-state index in [1.807, 2.05) is 6.20 Å². The van der Waals surface area contributed by atoms with Crippen molar-refractivity contribution in [3.8, 4) is 0 Å². The Labute approximate surface area is 121 Å². The molecule has 1 aromatic rings. The van der Waals surface area contributed by atoms with Crippen LogP contribution in [0.25, 0.3) is 0 Å². The number of rotatable bonds is 2. The zero-order valence-corrected chi connectivity index (χ0v) is 12.5. The van der Waals surface area contributed by atoms with Crippen molar-refractivity contribution in [3.63, 3.8) is 0 Å². The molecule has 0 amide bonds. The molecule has 0 radical (unpaired) electrons. The molecule has 1 aromatic heterocycles. The Kier molecular flexibility index (Phi) is 2.83. The van der Waals surface area contributed by atoms with Gasteiger partial charge in [0.25, 0.3) is 0 Å². The Hall–Kier alpha value is -1.38. The van der Waals surface area contributed by atoms with Crippen molar-refractivity contribution in [2.24, 2.45) is 0 Å². The van der Waals surface area contributed by atoms with Gasteiger partial charge in [0.05, 0.1) is 0 Å². The highest BCUT2D eigenvalue weighted by Gasteiger charge is 2.40. The maximum Gasteiger partial charge on any atom is 0.133 e. The first-order valence-electron chi connectivity index (χ1n) is 8.03. The van der Waals surface area contributed by atoms with E-state index in [1.54, 1.807) is 11.1 Å². The highest BCUT2D eigenvalue weighted by Crippen LogP contribution is 2.45. The number of allylic oxidation sites excluding steroid dienone is 1.